The Morgan fingerprint density at radius 2 is 1.06 bits per heavy atom. The number of piperidine rings is 1. The van der Waals surface area contributed by atoms with Crippen LogP contribution in [0.5, 0.6) is 0 Å². The van der Waals surface area contributed by atoms with Crippen molar-refractivity contribution in [1.82, 2.24) is 5.32 Å². The molecule has 0 unspecified atom stereocenters. The van der Waals surface area contributed by atoms with Gasteiger partial charge in [0.05, 0.1) is 5.25 Å². The van der Waals surface area contributed by atoms with Crippen molar-refractivity contribution in [2.45, 2.75) is 28.8 Å². The molecular formula is C5H11NO9S3. The third-order valence-electron chi connectivity index (χ3n) is 2.47. The highest BCUT2D eigenvalue weighted by atomic mass is 32.2. The van der Waals surface area contributed by atoms with Crippen LogP contribution in [-0.2, 0) is 30.4 Å². The Kier molecular flexibility index (Phi) is 4.08. The van der Waals surface area contributed by atoms with Crippen LogP contribution in [0.1, 0.15) is 12.8 Å². The Hall–Kier alpha value is -0.310. The lowest BCUT2D eigenvalue weighted by Crippen LogP contribution is -2.55. The summed E-state index contributed by atoms with van der Waals surface area (Å²) >= 11 is 0. The molecule has 0 spiro atoms. The van der Waals surface area contributed by atoms with E-state index in [-0.39, 0.29) is 0 Å². The maximum Gasteiger partial charge on any atom is 0.281 e. The summed E-state index contributed by atoms with van der Waals surface area (Å²) in [5.41, 5.74) is 0. The molecule has 10 nitrogen and oxygen atoms in total. The lowest BCUT2D eigenvalue weighted by atomic mass is 10.1. The minimum Gasteiger partial charge on any atom is -0.285 e. The average molecular weight is 325 g/mol. The van der Waals surface area contributed by atoms with Crippen molar-refractivity contribution in [2.75, 3.05) is 0 Å². The first-order chi connectivity index (χ1) is 7.82. The van der Waals surface area contributed by atoms with Crippen LogP contribution in [0.2, 0.25) is 0 Å². The smallest absolute Gasteiger partial charge is 0.281 e. The van der Waals surface area contributed by atoms with Crippen molar-refractivity contribution in [3.8, 4) is 0 Å². The molecule has 1 fully saturated rings. The third-order valence-corrected chi connectivity index (χ3v) is 5.79. The zero-order chi connectivity index (χ0) is 14.4. The summed E-state index contributed by atoms with van der Waals surface area (Å²) in [6.45, 7) is 0. The second-order valence-corrected chi connectivity index (χ2v) is 8.68. The van der Waals surface area contributed by atoms with Crippen molar-refractivity contribution < 1.29 is 38.9 Å². The molecule has 1 aliphatic rings. The zero-order valence-electron chi connectivity index (χ0n) is 8.66. The second kappa shape index (κ2) is 4.66. The van der Waals surface area contributed by atoms with Gasteiger partial charge in [-0.05, 0) is 12.8 Å². The van der Waals surface area contributed by atoms with E-state index in [0.717, 1.165) is 0 Å². The molecule has 0 aromatic carbocycles. The van der Waals surface area contributed by atoms with E-state index in [1.165, 1.54) is 0 Å². The summed E-state index contributed by atoms with van der Waals surface area (Å²) in [4.78, 5) is 0. The molecular weight excluding hydrogens is 314 g/mol. The van der Waals surface area contributed by atoms with Crippen LogP contribution >= 0.6 is 0 Å². The molecule has 18 heavy (non-hydrogen) atoms. The molecule has 1 rings (SSSR count). The summed E-state index contributed by atoms with van der Waals surface area (Å²) in [7, 11) is -14.3. The van der Waals surface area contributed by atoms with Crippen molar-refractivity contribution in [3.05, 3.63) is 0 Å². The number of hydrogen-bond acceptors (Lipinski definition) is 7. The predicted molar refractivity (Wildman–Crippen MR) is 58.4 cm³/mol. The maximum atomic E-state index is 10.9. The van der Waals surface area contributed by atoms with Crippen LogP contribution in [0.25, 0.3) is 0 Å². The first-order valence-corrected chi connectivity index (χ1v) is 8.97. The molecule has 0 aromatic rings. The Labute approximate surface area is 104 Å². The van der Waals surface area contributed by atoms with Gasteiger partial charge in [-0.2, -0.15) is 25.3 Å². The van der Waals surface area contributed by atoms with Crippen LogP contribution in [-0.4, -0.2) is 54.9 Å². The molecule has 108 valence electrons. The van der Waals surface area contributed by atoms with Gasteiger partial charge < -0.3 is 0 Å². The summed E-state index contributed by atoms with van der Waals surface area (Å²) in [5.74, 6) is 0. The van der Waals surface area contributed by atoms with E-state index < -0.39 is 59.2 Å². The molecule has 0 saturated carbocycles. The summed E-state index contributed by atoms with van der Waals surface area (Å²) in [5, 5.41) is -3.66. The molecule has 1 heterocycles. The molecule has 13 heteroatoms. The van der Waals surface area contributed by atoms with E-state index in [0.29, 0.717) is 0 Å². The lowest BCUT2D eigenvalue weighted by Gasteiger charge is -2.31. The van der Waals surface area contributed by atoms with E-state index in [2.05, 4.69) is 0 Å². The molecule has 0 bridgehead atoms. The number of nitrogens with one attached hydrogen (secondary N) is 1. The molecule has 4 N–H and O–H groups in total. The van der Waals surface area contributed by atoms with Crippen molar-refractivity contribution in [1.29, 1.82) is 0 Å². The van der Waals surface area contributed by atoms with Gasteiger partial charge in [-0.3, -0.25) is 19.0 Å². The van der Waals surface area contributed by atoms with Gasteiger partial charge in [0.1, 0.15) is 10.7 Å². The second-order valence-electron chi connectivity index (χ2n) is 3.78. The van der Waals surface area contributed by atoms with Gasteiger partial charge in [-0.25, -0.2) is 0 Å². The Morgan fingerprint density at radius 3 is 1.28 bits per heavy atom. The van der Waals surface area contributed by atoms with Crippen LogP contribution in [0.15, 0.2) is 0 Å². The standard InChI is InChI=1S/C5H11NO9S3/c7-16(8,9)3-1-4(17(10,11)12)6-5(2-3)18(13,14)15/h3-6H,1-2H2,(H,7,8,9)(H,10,11,12)(H,13,14,15)/t4-,5-/m1/s1. The Balaban J connectivity index is 3.16. The van der Waals surface area contributed by atoms with Crippen LogP contribution in [0.3, 0.4) is 0 Å². The van der Waals surface area contributed by atoms with Crippen molar-refractivity contribution in [3.63, 3.8) is 0 Å². The van der Waals surface area contributed by atoms with Gasteiger partial charge >= 0.3 is 0 Å². The van der Waals surface area contributed by atoms with Gasteiger partial charge in [-0.15, -0.1) is 0 Å². The average Bonchev–Trinajstić information content (AvgIpc) is 2.13. The van der Waals surface area contributed by atoms with E-state index in [9.17, 15) is 25.3 Å². The van der Waals surface area contributed by atoms with E-state index in [1.807, 2.05) is 5.32 Å². The quantitative estimate of drug-likeness (QED) is 0.427. The first-order valence-electron chi connectivity index (χ1n) is 4.47. The zero-order valence-corrected chi connectivity index (χ0v) is 11.1. The number of hydrogen-bond donors (Lipinski definition) is 4. The van der Waals surface area contributed by atoms with Crippen molar-refractivity contribution in [2.24, 2.45) is 0 Å². The monoisotopic (exact) mass is 325 g/mol. The lowest BCUT2D eigenvalue weighted by molar-refractivity contribution is 0.358. The highest BCUT2D eigenvalue weighted by Crippen LogP contribution is 2.24. The predicted octanol–water partition coefficient (Wildman–Crippen LogP) is -1.95. The van der Waals surface area contributed by atoms with Gasteiger partial charge in [0.25, 0.3) is 30.4 Å². The molecule has 2 atom stereocenters. The summed E-state index contributed by atoms with van der Waals surface area (Å²) < 4.78 is 91.6. The van der Waals surface area contributed by atoms with Gasteiger partial charge in [0.2, 0.25) is 0 Å². The molecule has 0 radical (unpaired) electrons. The fraction of sp³-hybridized carbons (Fsp3) is 1.00. The molecule has 1 aliphatic heterocycles. The third kappa shape index (κ3) is 3.84. The summed E-state index contributed by atoms with van der Waals surface area (Å²) in [6, 6.07) is 0. The highest BCUT2D eigenvalue weighted by Gasteiger charge is 2.44. The van der Waals surface area contributed by atoms with Crippen LogP contribution in [0.4, 0.5) is 0 Å². The normalized spacial score (nSPS) is 31.2. The fourth-order valence-corrected chi connectivity index (χ4v) is 4.40. The SMILES string of the molecule is O=S(=O)(O)C1C[C@@H](S(=O)(=O)O)N[C@H](S(=O)(=O)O)C1. The minimum absolute atomic E-state index is 0.732. The molecule has 0 amide bonds. The Bertz CT molecular complexity index is 521. The topological polar surface area (TPSA) is 175 Å². The van der Waals surface area contributed by atoms with E-state index in [1.54, 1.807) is 0 Å². The van der Waals surface area contributed by atoms with Gasteiger partial charge in [0, 0.05) is 0 Å². The van der Waals surface area contributed by atoms with Crippen molar-refractivity contribution >= 4 is 30.4 Å². The minimum atomic E-state index is -4.77. The largest absolute Gasteiger partial charge is 0.285 e. The van der Waals surface area contributed by atoms with Crippen LogP contribution < -0.4 is 5.32 Å². The highest BCUT2D eigenvalue weighted by molar-refractivity contribution is 7.88. The molecule has 1 saturated heterocycles. The first kappa shape index (κ1) is 15.7. The number of rotatable bonds is 3. The van der Waals surface area contributed by atoms with Gasteiger partial charge in [-0.1, -0.05) is 0 Å². The summed E-state index contributed by atoms with van der Waals surface area (Å²) in [6.07, 6.45) is -1.46. The molecule has 0 aliphatic carbocycles. The van der Waals surface area contributed by atoms with Crippen LogP contribution in [0, 0.1) is 0 Å². The Morgan fingerprint density at radius 1 is 0.722 bits per heavy atom. The van der Waals surface area contributed by atoms with E-state index >= 15 is 0 Å². The fourth-order valence-electron chi connectivity index (χ4n) is 1.58. The van der Waals surface area contributed by atoms with Gasteiger partial charge in [0.15, 0.2) is 0 Å². The maximum absolute atomic E-state index is 10.9. The van der Waals surface area contributed by atoms with E-state index in [4.69, 9.17) is 13.7 Å². The molecule has 0 aromatic heterocycles.